The first kappa shape index (κ1) is 53.7. The highest BCUT2D eigenvalue weighted by Crippen LogP contribution is 2.21. The smallest absolute Gasteiger partial charge is 0.387 e. The Labute approximate surface area is 358 Å². The van der Waals surface area contributed by atoms with Crippen LogP contribution in [-0.4, -0.2) is 97.0 Å². The van der Waals surface area contributed by atoms with Gasteiger partial charge >= 0.3 is 42.8 Å². The third-order valence-corrected chi connectivity index (χ3v) is 41.1. The van der Waals surface area contributed by atoms with Gasteiger partial charge in [0.25, 0.3) is 0 Å². The predicted molar refractivity (Wildman–Crippen MR) is 270 cm³/mol. The Morgan fingerprint density at radius 2 is 0.571 bits per heavy atom. The van der Waals surface area contributed by atoms with Crippen LogP contribution in [0.1, 0.15) is 0 Å². The lowest BCUT2D eigenvalue weighted by atomic mass is 10.4. The minimum atomic E-state index is -2.79. The standard InChI is InChI=1S/C18H30O3Si4.C13H28O3Si4.C6H20O2Si3/c1-22(2)19-24(5,6)21-25(20-23(3)4,17-13-9-7-10-14-17)18-15-11-8-12-16-18;1-17(2)14-19(5,6)16-20(7,15-18(3)4)13-11-9-8-10-12-13;1-9(2)7-11(5,6)8-10(3)4/h7-16,22-23H,1-6H3;8-12,17-18H,1-7H3;9-10H,1-6H3. The molecule has 56 heavy (non-hydrogen) atoms. The average molecular weight is 960 g/mol. The summed E-state index contributed by atoms with van der Waals surface area (Å²) >= 11 is 0. The maximum atomic E-state index is 6.92. The van der Waals surface area contributed by atoms with Gasteiger partial charge < -0.3 is 32.9 Å². The van der Waals surface area contributed by atoms with Crippen molar-refractivity contribution < 1.29 is 32.9 Å². The molecule has 0 fully saturated rings. The molecule has 0 bridgehead atoms. The van der Waals surface area contributed by atoms with Gasteiger partial charge in [-0.15, -0.1) is 0 Å². The minimum Gasteiger partial charge on any atom is -0.440 e. The summed E-state index contributed by atoms with van der Waals surface area (Å²) in [7, 11) is -17.9. The highest BCUT2D eigenvalue weighted by atomic mass is 28.5. The molecule has 318 valence electrons. The first-order valence-corrected chi connectivity index (χ1v) is 49.6. The Morgan fingerprint density at radius 1 is 0.304 bits per heavy atom. The van der Waals surface area contributed by atoms with Crippen LogP contribution in [0.3, 0.4) is 0 Å². The molecule has 0 saturated heterocycles. The van der Waals surface area contributed by atoms with E-state index in [1.165, 1.54) is 5.19 Å². The second kappa shape index (κ2) is 24.9. The Kier molecular flexibility index (Phi) is 23.9. The number of hydrogen-bond acceptors (Lipinski definition) is 8. The van der Waals surface area contributed by atoms with Crippen LogP contribution >= 0.6 is 0 Å². The summed E-state index contributed by atoms with van der Waals surface area (Å²) in [5.74, 6) is 0. The summed E-state index contributed by atoms with van der Waals surface area (Å²) in [5.41, 5.74) is 0. The topological polar surface area (TPSA) is 73.8 Å². The normalized spacial score (nSPS) is 13.9. The van der Waals surface area contributed by atoms with E-state index in [0.717, 1.165) is 10.4 Å². The van der Waals surface area contributed by atoms with Gasteiger partial charge in [0.15, 0.2) is 54.2 Å². The maximum Gasteiger partial charge on any atom is 0.387 e. The third-order valence-electron chi connectivity index (χ3n) is 7.38. The Bertz CT molecular complexity index is 1440. The van der Waals surface area contributed by atoms with Crippen molar-refractivity contribution in [2.24, 2.45) is 0 Å². The van der Waals surface area contributed by atoms with Crippen molar-refractivity contribution in [2.45, 2.75) is 124 Å². The number of hydrogen-bond donors (Lipinski definition) is 0. The second-order valence-corrected chi connectivity index (χ2v) is 50.2. The van der Waals surface area contributed by atoms with Crippen LogP contribution < -0.4 is 15.6 Å². The van der Waals surface area contributed by atoms with E-state index in [1.54, 1.807) is 0 Å². The lowest BCUT2D eigenvalue weighted by molar-refractivity contribution is 0.346. The molecule has 3 rings (SSSR count). The molecule has 19 heteroatoms. The van der Waals surface area contributed by atoms with Crippen LogP contribution in [0.25, 0.3) is 0 Å². The van der Waals surface area contributed by atoms with Gasteiger partial charge in [-0.2, -0.15) is 0 Å². The monoisotopic (exact) mass is 958 g/mol. The summed E-state index contributed by atoms with van der Waals surface area (Å²) in [6, 6.07) is 31.3. The van der Waals surface area contributed by atoms with E-state index in [1.807, 2.05) is 18.2 Å². The Hall–Kier alpha value is -0.274. The lowest BCUT2D eigenvalue weighted by Crippen LogP contribution is -2.69. The van der Waals surface area contributed by atoms with Gasteiger partial charge in [0.2, 0.25) is 0 Å². The molecule has 1 atom stereocenters. The van der Waals surface area contributed by atoms with Gasteiger partial charge in [-0.3, -0.25) is 0 Å². The molecule has 0 radical (unpaired) electrons. The number of benzene rings is 3. The molecule has 0 aliphatic heterocycles. The highest BCUT2D eigenvalue weighted by molar-refractivity contribution is 7.00. The molecule has 3 aromatic carbocycles. The van der Waals surface area contributed by atoms with Gasteiger partial charge in [0.1, 0.15) is 0 Å². The van der Waals surface area contributed by atoms with E-state index in [-0.39, 0.29) is 0 Å². The molecule has 0 spiro atoms. The highest BCUT2D eigenvalue weighted by Gasteiger charge is 2.48. The quantitative estimate of drug-likeness (QED) is 0.116. The van der Waals surface area contributed by atoms with Gasteiger partial charge in [-0.1, -0.05) is 91.0 Å². The zero-order chi connectivity index (χ0) is 43.0. The van der Waals surface area contributed by atoms with E-state index in [9.17, 15) is 0 Å². The summed E-state index contributed by atoms with van der Waals surface area (Å²) < 4.78 is 50.8. The maximum absolute atomic E-state index is 6.92. The zero-order valence-corrected chi connectivity index (χ0v) is 50.3. The second-order valence-electron chi connectivity index (χ2n) is 17.1. The van der Waals surface area contributed by atoms with Gasteiger partial charge in [0, 0.05) is 0 Å². The first-order valence-electron chi connectivity index (χ1n) is 20.4. The molecule has 0 aliphatic rings. The fraction of sp³-hybridized carbons (Fsp3) is 0.514. The molecule has 0 N–H and O–H groups in total. The zero-order valence-electron chi connectivity index (χ0n) is 38.4. The molecule has 1 unspecified atom stereocenters. The fourth-order valence-corrected chi connectivity index (χ4v) is 46.2. The molecule has 0 saturated carbocycles. The minimum absolute atomic E-state index is 0.895. The molecule has 0 aromatic heterocycles. The SMILES string of the molecule is C[SiH](C)O[Si](C)(C)O[SiH](C)C.C[SiH](C)O[Si](C)(C)O[Si](C)(O[SiH](C)C)c1ccccc1.C[SiH](C)O[Si](C)(C)O[Si](O[SiH](C)C)(c1ccccc1)c1ccccc1. The Balaban J connectivity index is 0.000000453. The third kappa shape index (κ3) is 21.3. The van der Waals surface area contributed by atoms with Crippen molar-refractivity contribution in [2.75, 3.05) is 0 Å². The average Bonchev–Trinajstić information content (AvgIpc) is 3.02. The summed E-state index contributed by atoms with van der Waals surface area (Å²) in [6.07, 6.45) is 0. The van der Waals surface area contributed by atoms with E-state index in [4.69, 9.17) is 32.9 Å². The van der Waals surface area contributed by atoms with E-state index >= 15 is 0 Å². The van der Waals surface area contributed by atoms with E-state index in [2.05, 4.69) is 197 Å². The molecule has 0 aliphatic carbocycles. The Morgan fingerprint density at radius 3 is 0.875 bits per heavy atom. The summed E-state index contributed by atoms with van der Waals surface area (Å²) in [6.45, 7) is 41.4. The van der Waals surface area contributed by atoms with Gasteiger partial charge in [0.05, 0.1) is 0 Å². The van der Waals surface area contributed by atoms with Crippen molar-refractivity contribution in [3.63, 3.8) is 0 Å². The van der Waals surface area contributed by atoms with Crippen LogP contribution in [0, 0.1) is 0 Å². The lowest BCUT2D eigenvalue weighted by Gasteiger charge is -2.40. The van der Waals surface area contributed by atoms with Gasteiger partial charge in [-0.25, -0.2) is 0 Å². The van der Waals surface area contributed by atoms with E-state index in [0.29, 0.717) is 0 Å². The predicted octanol–water partition coefficient (Wildman–Crippen LogP) is 7.33. The largest absolute Gasteiger partial charge is 0.440 e. The summed E-state index contributed by atoms with van der Waals surface area (Å²) in [5, 5.41) is 3.53. The molecular weight excluding hydrogens is 881 g/mol. The first-order chi connectivity index (χ1) is 25.7. The number of rotatable bonds is 19. The van der Waals surface area contributed by atoms with Crippen LogP contribution in [0.5, 0.6) is 0 Å². The fourth-order valence-electron chi connectivity index (χ4n) is 6.59. The molecule has 0 heterocycles. The van der Waals surface area contributed by atoms with Crippen molar-refractivity contribution in [1.82, 2.24) is 0 Å². The van der Waals surface area contributed by atoms with E-state index < -0.39 is 97.0 Å². The van der Waals surface area contributed by atoms with Crippen molar-refractivity contribution in [3.05, 3.63) is 91.0 Å². The summed E-state index contributed by atoms with van der Waals surface area (Å²) in [4.78, 5) is 0. The molecule has 8 nitrogen and oxygen atoms in total. The van der Waals surface area contributed by atoms with Gasteiger partial charge in [-0.05, 0) is 140 Å². The van der Waals surface area contributed by atoms with Crippen LogP contribution in [0.2, 0.25) is 124 Å². The molecule has 3 aromatic rings. The molecular formula is C37H78O8Si11. The van der Waals surface area contributed by atoms with Crippen molar-refractivity contribution >= 4 is 113 Å². The van der Waals surface area contributed by atoms with Crippen LogP contribution in [0.15, 0.2) is 91.0 Å². The van der Waals surface area contributed by atoms with Crippen molar-refractivity contribution in [1.29, 1.82) is 0 Å². The van der Waals surface area contributed by atoms with Crippen LogP contribution in [0.4, 0.5) is 0 Å². The van der Waals surface area contributed by atoms with Crippen molar-refractivity contribution in [3.8, 4) is 0 Å². The molecule has 0 amide bonds. The van der Waals surface area contributed by atoms with Crippen LogP contribution in [-0.2, 0) is 32.9 Å².